The van der Waals surface area contributed by atoms with Gasteiger partial charge in [0.15, 0.2) is 5.82 Å². The Morgan fingerprint density at radius 1 is 1.14 bits per heavy atom. The van der Waals surface area contributed by atoms with Gasteiger partial charge in [0.2, 0.25) is 0 Å². The van der Waals surface area contributed by atoms with Gasteiger partial charge in [-0.3, -0.25) is 4.90 Å². The molecule has 2 aliphatic rings. The minimum atomic E-state index is 0.554. The van der Waals surface area contributed by atoms with Crippen molar-refractivity contribution in [3.8, 4) is 0 Å². The number of likely N-dealkylation sites (N-methyl/N-ethyl adjacent to an activating group) is 1. The Kier molecular flexibility index (Phi) is 3.46. The Bertz CT molecular complexity index is 619. The predicted octanol–water partition coefficient (Wildman–Crippen LogP) is 1.46. The molecule has 2 aromatic rings. The van der Waals surface area contributed by atoms with Gasteiger partial charge in [-0.1, -0.05) is 0 Å². The molecule has 22 heavy (non-hydrogen) atoms. The maximum absolute atomic E-state index is 4.38. The topological polar surface area (TPSA) is 58.0 Å². The van der Waals surface area contributed by atoms with Gasteiger partial charge < -0.3 is 4.90 Å². The Labute approximate surface area is 130 Å². The highest BCUT2D eigenvalue weighted by molar-refractivity contribution is 5.42. The maximum atomic E-state index is 4.38. The molecule has 0 amide bonds. The van der Waals surface area contributed by atoms with E-state index in [0.29, 0.717) is 12.0 Å². The minimum Gasteiger partial charge on any atom is -0.352 e. The smallest absolute Gasteiger partial charge is 0.151 e. The van der Waals surface area contributed by atoms with E-state index < -0.39 is 0 Å². The molecule has 1 aliphatic carbocycles. The van der Waals surface area contributed by atoms with Crippen LogP contribution in [0.4, 0.5) is 5.82 Å². The van der Waals surface area contributed by atoms with Crippen LogP contribution in [0.3, 0.4) is 0 Å². The zero-order valence-electron chi connectivity index (χ0n) is 12.8. The highest BCUT2D eigenvalue weighted by Gasteiger charge is 2.31. The van der Waals surface area contributed by atoms with Crippen LogP contribution in [0, 0.1) is 0 Å². The first-order chi connectivity index (χ1) is 10.8. The van der Waals surface area contributed by atoms with E-state index in [1.165, 1.54) is 18.4 Å². The van der Waals surface area contributed by atoms with Crippen molar-refractivity contribution in [2.24, 2.45) is 0 Å². The van der Waals surface area contributed by atoms with Crippen molar-refractivity contribution in [2.75, 3.05) is 25.0 Å². The molecule has 6 heteroatoms. The third-order valence-corrected chi connectivity index (χ3v) is 4.55. The van der Waals surface area contributed by atoms with Crippen LogP contribution >= 0.6 is 0 Å². The Morgan fingerprint density at radius 2 is 2.00 bits per heavy atom. The van der Waals surface area contributed by atoms with Crippen LogP contribution in [0.1, 0.15) is 30.0 Å². The summed E-state index contributed by atoms with van der Waals surface area (Å²) in [4.78, 5) is 4.65. The van der Waals surface area contributed by atoms with E-state index in [4.69, 9.17) is 0 Å². The molecule has 3 heterocycles. The Hall–Kier alpha value is -2.08. The van der Waals surface area contributed by atoms with Gasteiger partial charge in [-0.05, 0) is 43.7 Å². The van der Waals surface area contributed by atoms with Crippen LogP contribution in [0.5, 0.6) is 0 Å². The van der Waals surface area contributed by atoms with Crippen molar-refractivity contribution in [3.63, 3.8) is 0 Å². The van der Waals surface area contributed by atoms with Gasteiger partial charge in [0.05, 0.1) is 11.9 Å². The quantitative estimate of drug-likeness (QED) is 0.832. The van der Waals surface area contributed by atoms with E-state index in [1.807, 2.05) is 12.3 Å². The zero-order chi connectivity index (χ0) is 14.9. The molecule has 2 fully saturated rings. The summed E-state index contributed by atoms with van der Waals surface area (Å²) >= 11 is 0. The number of rotatable bonds is 5. The van der Waals surface area contributed by atoms with Crippen molar-refractivity contribution in [3.05, 3.63) is 41.9 Å². The lowest BCUT2D eigenvalue weighted by molar-refractivity contribution is 0.196. The van der Waals surface area contributed by atoms with Crippen molar-refractivity contribution in [1.29, 1.82) is 0 Å². The average Bonchev–Trinajstić information content (AvgIpc) is 3.32. The monoisotopic (exact) mass is 296 g/mol. The van der Waals surface area contributed by atoms with Crippen LogP contribution in [0.2, 0.25) is 0 Å². The molecule has 4 rings (SSSR count). The summed E-state index contributed by atoms with van der Waals surface area (Å²) in [6, 6.07) is 6.82. The molecular formula is C16H20N6. The van der Waals surface area contributed by atoms with E-state index in [1.54, 1.807) is 6.20 Å². The van der Waals surface area contributed by atoms with E-state index in [2.05, 4.69) is 49.4 Å². The van der Waals surface area contributed by atoms with Crippen LogP contribution < -0.4 is 4.90 Å². The van der Waals surface area contributed by atoms with Gasteiger partial charge in [0.1, 0.15) is 0 Å². The number of hydrogen-bond donors (Lipinski definition) is 0. The predicted molar refractivity (Wildman–Crippen MR) is 83.5 cm³/mol. The van der Waals surface area contributed by atoms with E-state index >= 15 is 0 Å². The zero-order valence-corrected chi connectivity index (χ0v) is 12.8. The van der Waals surface area contributed by atoms with Gasteiger partial charge in [0, 0.05) is 37.8 Å². The molecule has 0 radical (unpaired) electrons. The van der Waals surface area contributed by atoms with E-state index in [9.17, 15) is 0 Å². The first-order valence-corrected chi connectivity index (χ1v) is 7.84. The number of aromatic nitrogens is 4. The van der Waals surface area contributed by atoms with Crippen molar-refractivity contribution in [2.45, 2.75) is 31.3 Å². The summed E-state index contributed by atoms with van der Waals surface area (Å²) in [7, 11) is 2.16. The van der Waals surface area contributed by atoms with Crippen LogP contribution in [-0.4, -0.2) is 51.5 Å². The second-order valence-electron chi connectivity index (χ2n) is 6.32. The first-order valence-electron chi connectivity index (χ1n) is 7.84. The molecule has 0 bridgehead atoms. The summed E-state index contributed by atoms with van der Waals surface area (Å²) in [6.07, 6.45) is 6.12. The molecule has 0 N–H and O–H groups in total. The SMILES string of the molecule is CN(Cc1ccnnc1)C1CN(c2ccc(C3CC3)nn2)C1. The summed E-state index contributed by atoms with van der Waals surface area (Å²) in [5.74, 6) is 1.67. The first kappa shape index (κ1) is 13.6. The molecule has 2 aromatic heterocycles. The normalized spacial score (nSPS) is 18.5. The van der Waals surface area contributed by atoms with E-state index in [0.717, 1.165) is 31.1 Å². The third kappa shape index (κ3) is 2.78. The third-order valence-electron chi connectivity index (χ3n) is 4.55. The largest absolute Gasteiger partial charge is 0.352 e. The van der Waals surface area contributed by atoms with Crippen molar-refractivity contribution < 1.29 is 0 Å². The summed E-state index contributed by atoms with van der Waals surface area (Å²) in [5.41, 5.74) is 2.35. The highest BCUT2D eigenvalue weighted by atomic mass is 15.4. The maximum Gasteiger partial charge on any atom is 0.151 e. The van der Waals surface area contributed by atoms with Crippen LogP contribution in [-0.2, 0) is 6.54 Å². The standard InChI is InChI=1S/C16H20N6/c1-21(9-12-6-7-17-18-8-12)14-10-22(11-14)16-5-4-15(19-20-16)13-2-3-13/h4-8,13-14H,2-3,9-11H2,1H3. The molecular weight excluding hydrogens is 276 g/mol. The Morgan fingerprint density at radius 3 is 2.64 bits per heavy atom. The second kappa shape index (κ2) is 5.61. The molecule has 0 aromatic carbocycles. The molecule has 6 nitrogen and oxygen atoms in total. The molecule has 0 atom stereocenters. The molecule has 1 aliphatic heterocycles. The van der Waals surface area contributed by atoms with Crippen LogP contribution in [0.25, 0.3) is 0 Å². The summed E-state index contributed by atoms with van der Waals surface area (Å²) in [6.45, 7) is 2.92. The van der Waals surface area contributed by atoms with Crippen LogP contribution in [0.15, 0.2) is 30.6 Å². The summed E-state index contributed by atoms with van der Waals surface area (Å²) < 4.78 is 0. The summed E-state index contributed by atoms with van der Waals surface area (Å²) in [5, 5.41) is 16.5. The van der Waals surface area contributed by atoms with Gasteiger partial charge in [-0.15, -0.1) is 5.10 Å². The molecule has 0 unspecified atom stereocenters. The van der Waals surface area contributed by atoms with Gasteiger partial charge in [0.25, 0.3) is 0 Å². The molecule has 1 saturated heterocycles. The van der Waals surface area contributed by atoms with Gasteiger partial charge >= 0.3 is 0 Å². The minimum absolute atomic E-state index is 0.554. The van der Waals surface area contributed by atoms with Crippen molar-refractivity contribution in [1.82, 2.24) is 25.3 Å². The van der Waals surface area contributed by atoms with Gasteiger partial charge in [-0.25, -0.2) is 0 Å². The lowest BCUT2D eigenvalue weighted by Gasteiger charge is -2.44. The van der Waals surface area contributed by atoms with Gasteiger partial charge in [-0.2, -0.15) is 15.3 Å². The fourth-order valence-electron chi connectivity index (χ4n) is 2.85. The number of hydrogen-bond acceptors (Lipinski definition) is 6. The lowest BCUT2D eigenvalue weighted by atomic mass is 10.1. The average molecular weight is 296 g/mol. The highest BCUT2D eigenvalue weighted by Crippen LogP contribution is 2.38. The molecule has 0 spiro atoms. The Balaban J connectivity index is 1.31. The lowest BCUT2D eigenvalue weighted by Crippen LogP contribution is -2.58. The fourth-order valence-corrected chi connectivity index (χ4v) is 2.85. The van der Waals surface area contributed by atoms with Crippen molar-refractivity contribution >= 4 is 5.82 Å². The number of anilines is 1. The fraction of sp³-hybridized carbons (Fsp3) is 0.500. The molecule has 1 saturated carbocycles. The second-order valence-corrected chi connectivity index (χ2v) is 6.32. The number of nitrogens with zero attached hydrogens (tertiary/aromatic N) is 6. The molecule has 114 valence electrons. The van der Waals surface area contributed by atoms with E-state index in [-0.39, 0.29) is 0 Å².